The number of hydrogen-bond acceptors (Lipinski definition) is 4. The summed E-state index contributed by atoms with van der Waals surface area (Å²) in [6, 6.07) is 13.7. The second-order valence-electron chi connectivity index (χ2n) is 6.68. The third kappa shape index (κ3) is 3.22. The Hall–Kier alpha value is -2.66. The third-order valence-electron chi connectivity index (χ3n) is 5.14. The normalized spacial score (nSPS) is 17.7. The number of aromatic nitrogens is 1. The Morgan fingerprint density at radius 3 is 3.00 bits per heavy atom. The van der Waals surface area contributed by atoms with Crippen LogP contribution >= 0.6 is 0 Å². The number of nitrogens with one attached hydrogen (secondary N) is 1. The molecule has 0 bridgehead atoms. The molecule has 5 heteroatoms. The summed E-state index contributed by atoms with van der Waals surface area (Å²) in [5.74, 6) is 0.608. The van der Waals surface area contributed by atoms with Gasteiger partial charge in [-0.25, -0.2) is 4.98 Å². The van der Waals surface area contributed by atoms with Crippen LogP contribution in [0.1, 0.15) is 30.1 Å². The van der Waals surface area contributed by atoms with Crippen LogP contribution in [0.15, 0.2) is 53.1 Å². The number of carbonyl (C=O) groups is 1. The summed E-state index contributed by atoms with van der Waals surface area (Å²) in [5.41, 5.74) is 2.11. The predicted molar refractivity (Wildman–Crippen MR) is 102 cm³/mol. The van der Waals surface area contributed by atoms with E-state index in [1.54, 1.807) is 6.26 Å². The molecule has 1 atom stereocenters. The number of fused-ring (bicyclic) bond motifs is 1. The first-order chi connectivity index (χ1) is 12.8. The zero-order chi connectivity index (χ0) is 17.9. The maximum atomic E-state index is 12.9. The van der Waals surface area contributed by atoms with Gasteiger partial charge in [0.05, 0.1) is 17.3 Å². The third-order valence-corrected chi connectivity index (χ3v) is 5.14. The summed E-state index contributed by atoms with van der Waals surface area (Å²) < 4.78 is 5.47. The van der Waals surface area contributed by atoms with Crippen LogP contribution in [-0.2, 0) is 0 Å². The SMILES string of the molecule is CCN1CCC[C@H]1CNC(=O)c1cc(-c2ccco2)nc2ccccc12. The molecule has 1 saturated heterocycles. The van der Waals surface area contributed by atoms with E-state index in [9.17, 15) is 4.79 Å². The number of amides is 1. The van der Waals surface area contributed by atoms with Gasteiger partial charge in [-0.1, -0.05) is 25.1 Å². The maximum Gasteiger partial charge on any atom is 0.252 e. The van der Waals surface area contributed by atoms with E-state index < -0.39 is 0 Å². The predicted octanol–water partition coefficient (Wildman–Crippen LogP) is 3.71. The lowest BCUT2D eigenvalue weighted by molar-refractivity contribution is 0.0943. The highest BCUT2D eigenvalue weighted by Crippen LogP contribution is 2.25. The fourth-order valence-electron chi connectivity index (χ4n) is 3.76. The van der Waals surface area contributed by atoms with Crippen molar-refractivity contribution in [2.75, 3.05) is 19.6 Å². The molecule has 1 N–H and O–H groups in total. The molecule has 26 heavy (non-hydrogen) atoms. The molecule has 0 radical (unpaired) electrons. The number of pyridine rings is 1. The minimum atomic E-state index is -0.0561. The average molecular weight is 349 g/mol. The van der Waals surface area contributed by atoms with Crippen molar-refractivity contribution in [2.45, 2.75) is 25.8 Å². The Morgan fingerprint density at radius 1 is 1.31 bits per heavy atom. The van der Waals surface area contributed by atoms with Gasteiger partial charge < -0.3 is 9.73 Å². The number of para-hydroxylation sites is 1. The van der Waals surface area contributed by atoms with E-state index in [0.29, 0.717) is 29.6 Å². The van der Waals surface area contributed by atoms with Crippen LogP contribution in [0.4, 0.5) is 0 Å². The fraction of sp³-hybridized carbons (Fsp3) is 0.333. The lowest BCUT2D eigenvalue weighted by atomic mass is 10.1. The molecule has 3 aromatic rings. The van der Waals surface area contributed by atoms with Crippen LogP contribution in [0, 0.1) is 0 Å². The summed E-state index contributed by atoms with van der Waals surface area (Å²) >= 11 is 0. The Bertz CT molecular complexity index is 905. The van der Waals surface area contributed by atoms with Crippen molar-refractivity contribution < 1.29 is 9.21 Å². The van der Waals surface area contributed by atoms with Gasteiger partial charge in [-0.3, -0.25) is 9.69 Å². The second kappa shape index (κ2) is 7.30. The number of carbonyl (C=O) groups excluding carboxylic acids is 1. The molecule has 1 aliphatic heterocycles. The zero-order valence-corrected chi connectivity index (χ0v) is 14.9. The van der Waals surface area contributed by atoms with Gasteiger partial charge in [0.2, 0.25) is 0 Å². The summed E-state index contributed by atoms with van der Waals surface area (Å²) in [6.07, 6.45) is 3.96. The number of benzene rings is 1. The van der Waals surface area contributed by atoms with Crippen LogP contribution in [0.3, 0.4) is 0 Å². The van der Waals surface area contributed by atoms with Gasteiger partial charge >= 0.3 is 0 Å². The van der Waals surface area contributed by atoms with E-state index >= 15 is 0 Å². The minimum Gasteiger partial charge on any atom is -0.463 e. The molecule has 3 heterocycles. The van der Waals surface area contributed by atoms with Crippen LogP contribution in [0.2, 0.25) is 0 Å². The molecule has 0 unspecified atom stereocenters. The van der Waals surface area contributed by atoms with E-state index in [1.165, 1.54) is 6.42 Å². The van der Waals surface area contributed by atoms with Crippen LogP contribution < -0.4 is 5.32 Å². The summed E-state index contributed by atoms with van der Waals surface area (Å²) in [4.78, 5) is 20.0. The van der Waals surface area contributed by atoms with Crippen molar-refractivity contribution in [3.63, 3.8) is 0 Å². The monoisotopic (exact) mass is 349 g/mol. The highest BCUT2D eigenvalue weighted by molar-refractivity contribution is 6.07. The Labute approximate surface area is 153 Å². The molecule has 1 aromatic carbocycles. The quantitative estimate of drug-likeness (QED) is 0.763. The van der Waals surface area contributed by atoms with Crippen LogP contribution in [0.25, 0.3) is 22.4 Å². The van der Waals surface area contributed by atoms with Crippen LogP contribution in [0.5, 0.6) is 0 Å². The lowest BCUT2D eigenvalue weighted by Gasteiger charge is -2.23. The first-order valence-corrected chi connectivity index (χ1v) is 9.22. The zero-order valence-electron chi connectivity index (χ0n) is 14.9. The van der Waals surface area contributed by atoms with Crippen molar-refractivity contribution in [3.05, 3.63) is 54.3 Å². The molecule has 1 aliphatic rings. The molecule has 134 valence electrons. The highest BCUT2D eigenvalue weighted by Gasteiger charge is 2.24. The molecule has 2 aromatic heterocycles. The van der Waals surface area contributed by atoms with Gasteiger partial charge in [0.25, 0.3) is 5.91 Å². The van der Waals surface area contributed by atoms with E-state index in [-0.39, 0.29) is 5.91 Å². The standard InChI is InChI=1S/C21H23N3O2/c1-2-24-11-5-7-15(24)14-22-21(25)17-13-19(20-10-6-12-26-20)23-18-9-4-3-8-16(17)18/h3-4,6,8-10,12-13,15H,2,5,7,11,14H2,1H3,(H,22,25)/t15-/m0/s1. The smallest absolute Gasteiger partial charge is 0.252 e. The van der Waals surface area contributed by atoms with Gasteiger partial charge in [0, 0.05) is 18.0 Å². The van der Waals surface area contributed by atoms with Gasteiger partial charge in [-0.05, 0) is 50.2 Å². The van der Waals surface area contributed by atoms with E-state index in [4.69, 9.17) is 4.42 Å². The first-order valence-electron chi connectivity index (χ1n) is 9.22. The van der Waals surface area contributed by atoms with Crippen LogP contribution in [-0.4, -0.2) is 41.5 Å². The van der Waals surface area contributed by atoms with E-state index in [0.717, 1.165) is 30.4 Å². The fourth-order valence-corrected chi connectivity index (χ4v) is 3.76. The van der Waals surface area contributed by atoms with Crippen molar-refractivity contribution >= 4 is 16.8 Å². The number of likely N-dealkylation sites (tertiary alicyclic amines) is 1. The van der Waals surface area contributed by atoms with Crippen molar-refractivity contribution in [1.29, 1.82) is 0 Å². The van der Waals surface area contributed by atoms with Crippen molar-refractivity contribution in [3.8, 4) is 11.5 Å². The second-order valence-corrected chi connectivity index (χ2v) is 6.68. The van der Waals surface area contributed by atoms with Crippen molar-refractivity contribution in [2.24, 2.45) is 0 Å². The molecule has 4 rings (SSSR count). The maximum absolute atomic E-state index is 12.9. The van der Waals surface area contributed by atoms with E-state index in [2.05, 4.69) is 22.1 Å². The number of furan rings is 1. The average Bonchev–Trinajstić information content (AvgIpc) is 3.36. The largest absolute Gasteiger partial charge is 0.463 e. The summed E-state index contributed by atoms with van der Waals surface area (Å²) in [6.45, 7) is 5.00. The van der Waals surface area contributed by atoms with Crippen molar-refractivity contribution in [1.82, 2.24) is 15.2 Å². The topological polar surface area (TPSA) is 58.4 Å². The van der Waals surface area contributed by atoms with Gasteiger partial charge in [-0.2, -0.15) is 0 Å². The number of likely N-dealkylation sites (N-methyl/N-ethyl adjacent to an activating group) is 1. The minimum absolute atomic E-state index is 0.0561. The molecule has 1 amide bonds. The lowest BCUT2D eigenvalue weighted by Crippen LogP contribution is -2.40. The number of nitrogens with zero attached hydrogens (tertiary/aromatic N) is 2. The number of rotatable bonds is 5. The van der Waals surface area contributed by atoms with E-state index in [1.807, 2.05) is 42.5 Å². The Kier molecular flexibility index (Phi) is 4.71. The molecular weight excluding hydrogens is 326 g/mol. The van der Waals surface area contributed by atoms with Gasteiger partial charge in [-0.15, -0.1) is 0 Å². The number of hydrogen-bond donors (Lipinski definition) is 1. The molecule has 0 saturated carbocycles. The Balaban J connectivity index is 1.63. The summed E-state index contributed by atoms with van der Waals surface area (Å²) in [5, 5.41) is 3.99. The molecule has 0 aliphatic carbocycles. The molecular formula is C21H23N3O2. The highest BCUT2D eigenvalue weighted by atomic mass is 16.3. The van der Waals surface area contributed by atoms with Gasteiger partial charge in [0.1, 0.15) is 5.69 Å². The molecule has 1 fully saturated rings. The molecule has 0 spiro atoms. The molecule has 5 nitrogen and oxygen atoms in total. The van der Waals surface area contributed by atoms with Gasteiger partial charge in [0.15, 0.2) is 5.76 Å². The first kappa shape index (κ1) is 16.8. The Morgan fingerprint density at radius 2 is 2.19 bits per heavy atom. The summed E-state index contributed by atoms with van der Waals surface area (Å²) in [7, 11) is 0.